The first kappa shape index (κ1) is 23.5. The van der Waals surface area contributed by atoms with Crippen molar-refractivity contribution >= 4 is 10.1 Å². The zero-order valence-electron chi connectivity index (χ0n) is 17.0. The average molecular weight is 421 g/mol. The number of aliphatic hydroxyl groups excluding tert-OH is 1. The Labute approximate surface area is 174 Å². The number of hydrogen-bond acceptors (Lipinski definition) is 5. The Hall–Kier alpha value is -1.73. The van der Waals surface area contributed by atoms with E-state index >= 15 is 0 Å². The standard InChI is InChI=1S/C23H32O5S/c1-2-3-4-5-6-13-18-29(26,27)28-19-23(25,21-16-11-8-12-17-21)22(24)20-14-9-7-10-15-20/h7-12,14-17,22,24-25H,2-6,13,18-19H2,1H3. The average Bonchev–Trinajstić information content (AvgIpc) is 2.75. The lowest BCUT2D eigenvalue weighted by Crippen LogP contribution is -2.39. The summed E-state index contributed by atoms with van der Waals surface area (Å²) in [6.07, 6.45) is 4.43. The molecular weight excluding hydrogens is 388 g/mol. The monoisotopic (exact) mass is 420 g/mol. The van der Waals surface area contributed by atoms with Gasteiger partial charge in [0.25, 0.3) is 10.1 Å². The highest BCUT2D eigenvalue weighted by Gasteiger charge is 2.40. The van der Waals surface area contributed by atoms with Gasteiger partial charge in [-0.1, -0.05) is 99.7 Å². The molecule has 6 heteroatoms. The van der Waals surface area contributed by atoms with Gasteiger partial charge in [-0.3, -0.25) is 4.18 Å². The van der Waals surface area contributed by atoms with Crippen molar-refractivity contribution in [1.82, 2.24) is 0 Å². The van der Waals surface area contributed by atoms with Crippen LogP contribution in [0.1, 0.15) is 62.7 Å². The third-order valence-electron chi connectivity index (χ3n) is 5.05. The van der Waals surface area contributed by atoms with Gasteiger partial charge in [0.05, 0.1) is 5.75 Å². The van der Waals surface area contributed by atoms with E-state index in [2.05, 4.69) is 6.92 Å². The van der Waals surface area contributed by atoms with E-state index < -0.39 is 28.4 Å². The third-order valence-corrected chi connectivity index (χ3v) is 6.31. The number of rotatable bonds is 13. The molecule has 29 heavy (non-hydrogen) atoms. The Morgan fingerprint density at radius 2 is 1.45 bits per heavy atom. The van der Waals surface area contributed by atoms with E-state index in [1.807, 2.05) is 0 Å². The van der Waals surface area contributed by atoms with Crippen molar-refractivity contribution in [2.24, 2.45) is 0 Å². The maximum atomic E-state index is 12.3. The van der Waals surface area contributed by atoms with E-state index in [0.717, 1.165) is 32.1 Å². The topological polar surface area (TPSA) is 83.8 Å². The zero-order valence-corrected chi connectivity index (χ0v) is 17.9. The molecule has 160 valence electrons. The van der Waals surface area contributed by atoms with E-state index in [0.29, 0.717) is 17.5 Å². The number of benzene rings is 2. The van der Waals surface area contributed by atoms with E-state index in [-0.39, 0.29) is 5.75 Å². The van der Waals surface area contributed by atoms with Crippen molar-refractivity contribution in [3.05, 3.63) is 71.8 Å². The minimum absolute atomic E-state index is 0.0918. The van der Waals surface area contributed by atoms with Gasteiger partial charge in [0.1, 0.15) is 18.3 Å². The maximum Gasteiger partial charge on any atom is 0.267 e. The second-order valence-corrected chi connectivity index (χ2v) is 9.15. The summed E-state index contributed by atoms with van der Waals surface area (Å²) in [7, 11) is -3.80. The van der Waals surface area contributed by atoms with Gasteiger partial charge < -0.3 is 10.2 Å². The molecule has 2 aromatic carbocycles. The van der Waals surface area contributed by atoms with Crippen molar-refractivity contribution in [3.8, 4) is 0 Å². The lowest BCUT2D eigenvalue weighted by atomic mass is 9.85. The Kier molecular flexibility index (Phi) is 9.30. The lowest BCUT2D eigenvalue weighted by molar-refractivity contribution is -0.107. The van der Waals surface area contributed by atoms with E-state index in [1.54, 1.807) is 60.7 Å². The SMILES string of the molecule is CCCCCCCCS(=O)(=O)OCC(O)(c1ccccc1)C(O)c1ccccc1. The van der Waals surface area contributed by atoms with Crippen molar-refractivity contribution in [2.75, 3.05) is 12.4 Å². The van der Waals surface area contributed by atoms with Gasteiger partial charge in [-0.2, -0.15) is 8.42 Å². The fourth-order valence-corrected chi connectivity index (χ4v) is 4.29. The first-order chi connectivity index (χ1) is 13.9. The highest BCUT2D eigenvalue weighted by molar-refractivity contribution is 7.86. The molecule has 2 aromatic rings. The summed E-state index contributed by atoms with van der Waals surface area (Å²) in [4.78, 5) is 0. The van der Waals surface area contributed by atoms with Gasteiger partial charge >= 0.3 is 0 Å². The van der Waals surface area contributed by atoms with Gasteiger partial charge in [0, 0.05) is 0 Å². The number of hydrogen-bond donors (Lipinski definition) is 2. The third kappa shape index (κ3) is 7.23. The molecule has 0 heterocycles. The summed E-state index contributed by atoms with van der Waals surface area (Å²) in [5, 5.41) is 22.2. The van der Waals surface area contributed by atoms with Gasteiger partial charge in [0.15, 0.2) is 0 Å². The molecule has 0 bridgehead atoms. The minimum atomic E-state index is -3.80. The molecule has 0 spiro atoms. The number of aliphatic hydroxyl groups is 2. The highest BCUT2D eigenvalue weighted by atomic mass is 32.2. The molecule has 0 fully saturated rings. The molecule has 2 rings (SSSR count). The zero-order chi connectivity index (χ0) is 21.2. The Balaban J connectivity index is 2.07. The van der Waals surface area contributed by atoms with Crippen LogP contribution in [0.3, 0.4) is 0 Å². The molecule has 0 aromatic heterocycles. The van der Waals surface area contributed by atoms with Crippen LogP contribution in [0.25, 0.3) is 0 Å². The van der Waals surface area contributed by atoms with Gasteiger partial charge in [-0.15, -0.1) is 0 Å². The van der Waals surface area contributed by atoms with Crippen LogP contribution in [-0.4, -0.2) is 31.0 Å². The molecule has 5 nitrogen and oxygen atoms in total. The largest absolute Gasteiger partial charge is 0.385 e. The molecule has 2 atom stereocenters. The van der Waals surface area contributed by atoms with Gasteiger partial charge in [-0.05, 0) is 17.5 Å². The fraction of sp³-hybridized carbons (Fsp3) is 0.478. The normalized spacial score (nSPS) is 15.0. The van der Waals surface area contributed by atoms with Crippen LogP contribution in [0.4, 0.5) is 0 Å². The molecule has 0 aliphatic carbocycles. The van der Waals surface area contributed by atoms with Gasteiger partial charge in [0.2, 0.25) is 0 Å². The quantitative estimate of drug-likeness (QED) is 0.372. The summed E-state index contributed by atoms with van der Waals surface area (Å²) < 4.78 is 29.9. The van der Waals surface area contributed by atoms with Crippen LogP contribution in [0, 0.1) is 0 Å². The predicted octanol–water partition coefficient (Wildman–Crippen LogP) is 4.31. The molecule has 0 saturated heterocycles. The van der Waals surface area contributed by atoms with Crippen molar-refractivity contribution in [2.45, 2.75) is 57.2 Å². The van der Waals surface area contributed by atoms with Crippen LogP contribution < -0.4 is 0 Å². The predicted molar refractivity (Wildman–Crippen MR) is 115 cm³/mol. The van der Waals surface area contributed by atoms with E-state index in [9.17, 15) is 18.6 Å². The van der Waals surface area contributed by atoms with E-state index in [1.165, 1.54) is 0 Å². The van der Waals surface area contributed by atoms with Crippen LogP contribution in [-0.2, 0) is 19.9 Å². The molecule has 2 N–H and O–H groups in total. The number of unbranched alkanes of at least 4 members (excludes halogenated alkanes) is 5. The lowest BCUT2D eigenvalue weighted by Gasteiger charge is -2.33. The molecule has 0 aliphatic rings. The van der Waals surface area contributed by atoms with Crippen molar-refractivity contribution in [1.29, 1.82) is 0 Å². The van der Waals surface area contributed by atoms with Crippen molar-refractivity contribution < 1.29 is 22.8 Å². The van der Waals surface area contributed by atoms with Crippen molar-refractivity contribution in [3.63, 3.8) is 0 Å². The van der Waals surface area contributed by atoms with E-state index in [4.69, 9.17) is 4.18 Å². The molecule has 0 aliphatic heterocycles. The summed E-state index contributed by atoms with van der Waals surface area (Å²) in [6, 6.07) is 17.2. The van der Waals surface area contributed by atoms with Crippen LogP contribution in [0.5, 0.6) is 0 Å². The van der Waals surface area contributed by atoms with Crippen LogP contribution in [0.2, 0.25) is 0 Å². The first-order valence-electron chi connectivity index (χ1n) is 10.3. The molecule has 0 amide bonds. The Morgan fingerprint density at radius 3 is 2.07 bits per heavy atom. The molecule has 0 radical (unpaired) electrons. The Bertz CT molecular complexity index is 808. The second-order valence-electron chi connectivity index (χ2n) is 7.40. The summed E-state index contributed by atoms with van der Waals surface area (Å²) >= 11 is 0. The van der Waals surface area contributed by atoms with Crippen LogP contribution >= 0.6 is 0 Å². The maximum absolute atomic E-state index is 12.3. The van der Waals surface area contributed by atoms with Crippen LogP contribution in [0.15, 0.2) is 60.7 Å². The Morgan fingerprint density at radius 1 is 0.897 bits per heavy atom. The molecule has 0 saturated carbocycles. The summed E-state index contributed by atoms with van der Waals surface area (Å²) in [6.45, 7) is 1.58. The second kappa shape index (κ2) is 11.5. The first-order valence-corrected chi connectivity index (χ1v) is 11.8. The molecular formula is C23H32O5S. The minimum Gasteiger partial charge on any atom is -0.385 e. The summed E-state index contributed by atoms with van der Waals surface area (Å²) in [5.41, 5.74) is -1.02. The summed E-state index contributed by atoms with van der Waals surface area (Å²) in [5.74, 6) is -0.0918. The highest BCUT2D eigenvalue weighted by Crippen LogP contribution is 2.36. The molecule has 2 unspecified atom stereocenters. The fourth-order valence-electron chi connectivity index (χ4n) is 3.26. The van der Waals surface area contributed by atoms with Gasteiger partial charge in [-0.25, -0.2) is 0 Å². The smallest absolute Gasteiger partial charge is 0.267 e.